The first-order chi connectivity index (χ1) is 26.9. The van der Waals surface area contributed by atoms with Gasteiger partial charge in [-0.2, -0.15) is 19.0 Å². The summed E-state index contributed by atoms with van der Waals surface area (Å²) < 4.78 is 90.7. The van der Waals surface area contributed by atoms with Crippen molar-refractivity contribution >= 4 is 56.8 Å². The van der Waals surface area contributed by atoms with Gasteiger partial charge in [-0.05, 0) is 54.3 Å². The Balaban J connectivity index is 1.31. The van der Waals surface area contributed by atoms with Crippen molar-refractivity contribution in [2.75, 3.05) is 5.32 Å². The zero-order valence-corrected chi connectivity index (χ0v) is 30.2. The number of fused-ring (bicyclic) bond motifs is 5. The molecule has 8 rings (SSSR count). The summed E-state index contributed by atoms with van der Waals surface area (Å²) >= 11 is 6.57. The molecule has 1 saturated carbocycles. The number of Topliss-reactive ketones (excluding diaryl/α,β-unsaturated/α-hetero) is 1. The van der Waals surface area contributed by atoms with Crippen LogP contribution < -0.4 is 16.2 Å². The van der Waals surface area contributed by atoms with Gasteiger partial charge in [0.1, 0.15) is 41.1 Å². The molecule has 0 aliphatic heterocycles. The molecule has 0 spiro atoms. The lowest BCUT2D eigenvalue weighted by Crippen LogP contribution is -2.38. The highest BCUT2D eigenvalue weighted by molar-refractivity contribution is 6.41. The number of carbonyl (C=O) groups excluding carboxylic acids is 3. The highest BCUT2D eigenvalue weighted by atomic mass is 35.5. The van der Waals surface area contributed by atoms with E-state index < -0.39 is 89.4 Å². The van der Waals surface area contributed by atoms with E-state index in [2.05, 4.69) is 25.8 Å². The van der Waals surface area contributed by atoms with Crippen molar-refractivity contribution in [2.24, 2.45) is 13.0 Å². The van der Waals surface area contributed by atoms with E-state index in [0.29, 0.717) is 10.7 Å². The Kier molecular flexibility index (Phi) is 8.89. The summed E-state index contributed by atoms with van der Waals surface area (Å²) in [6, 6.07) is 7.33. The van der Waals surface area contributed by atoms with Gasteiger partial charge in [0.2, 0.25) is 11.7 Å². The summed E-state index contributed by atoms with van der Waals surface area (Å²) in [5.41, 5.74) is -2.83. The van der Waals surface area contributed by atoms with Crippen LogP contribution in [0.5, 0.6) is 5.75 Å². The van der Waals surface area contributed by atoms with Crippen molar-refractivity contribution in [1.82, 2.24) is 34.4 Å². The quantitative estimate of drug-likeness (QED) is 0.114. The van der Waals surface area contributed by atoms with Gasteiger partial charge in [0, 0.05) is 44.0 Å². The molecular weight excluding hydrogens is 786 g/mol. The minimum absolute atomic E-state index is 0.00907. The summed E-state index contributed by atoms with van der Waals surface area (Å²) in [5, 5.41) is 23.3. The number of halogens is 7. The van der Waals surface area contributed by atoms with Gasteiger partial charge >= 0.3 is 0 Å². The maximum absolute atomic E-state index is 15.4. The number of benzene rings is 3. The Hall–Kier alpha value is -6.24. The molecule has 2 aliphatic rings. The maximum atomic E-state index is 15.4. The van der Waals surface area contributed by atoms with Crippen LogP contribution in [0, 0.1) is 17.6 Å². The SMILES string of the molecule is CC(=O)C(=O)Nc1nn(C)c2c(-n3c([C@H](Cc4cc(F)cc(F)c4)NC(=O)Cn4nc(C(F)F)c5c4C(F)(F)C4C[C@@H]54)nc4cc(O)ccc4c3=O)ccc(Cl)c12. The molecule has 1 unspecified atom stereocenters. The first-order valence-corrected chi connectivity index (χ1v) is 17.6. The molecule has 0 saturated heterocycles. The Morgan fingerprint density at radius 2 is 1.77 bits per heavy atom. The van der Waals surface area contributed by atoms with Crippen LogP contribution in [0.15, 0.2) is 53.3 Å². The molecular formula is C37H27ClF6N8O5. The molecule has 3 heterocycles. The van der Waals surface area contributed by atoms with E-state index in [-0.39, 0.29) is 67.5 Å². The molecule has 3 atom stereocenters. The predicted molar refractivity (Wildman–Crippen MR) is 190 cm³/mol. The number of hydrogen-bond donors (Lipinski definition) is 3. The van der Waals surface area contributed by atoms with Crippen LogP contribution in [-0.2, 0) is 40.3 Å². The van der Waals surface area contributed by atoms with Crippen LogP contribution in [0.3, 0.4) is 0 Å². The number of alkyl halides is 4. The van der Waals surface area contributed by atoms with Gasteiger partial charge in [-0.15, -0.1) is 0 Å². The number of aryl methyl sites for hydroxylation is 1. The molecule has 2 amide bonds. The van der Waals surface area contributed by atoms with Crippen molar-refractivity contribution in [3.63, 3.8) is 0 Å². The average molecular weight is 813 g/mol. The van der Waals surface area contributed by atoms with Gasteiger partial charge in [-0.1, -0.05) is 11.6 Å². The van der Waals surface area contributed by atoms with Crippen LogP contribution in [0.2, 0.25) is 5.02 Å². The Labute approximate surface area is 320 Å². The molecule has 6 aromatic rings. The maximum Gasteiger partial charge on any atom is 0.293 e. The first-order valence-electron chi connectivity index (χ1n) is 17.2. The summed E-state index contributed by atoms with van der Waals surface area (Å²) in [6.45, 7) is 0.0327. The van der Waals surface area contributed by atoms with Gasteiger partial charge in [0.05, 0.1) is 38.6 Å². The van der Waals surface area contributed by atoms with Gasteiger partial charge < -0.3 is 15.7 Å². The van der Waals surface area contributed by atoms with Crippen molar-refractivity contribution in [3.05, 3.63) is 104 Å². The summed E-state index contributed by atoms with van der Waals surface area (Å²) in [7, 11) is 1.44. The molecule has 294 valence electrons. The standard InChI is InChI=1S/C37H27ClF6N8O5/c1-14(53)35(56)47-33-28-22(38)5-6-25(30(28)50(2)49-33)52-34(46-23-11-18(54)3-4-19(23)36(52)57)24(9-15-7-16(39)10-17(40)8-15)45-26(55)13-51-31-27(29(48-51)32(41)42)20-12-21(20)37(31,43)44/h3-8,10-11,20-21,24,32,54H,9,12-13H2,1-2H3,(H,45,55)(H,47,49,56)/t20-,21?,24+/m1/s1. The number of rotatable bonds is 10. The molecule has 13 nitrogen and oxygen atoms in total. The van der Waals surface area contributed by atoms with Crippen LogP contribution >= 0.6 is 11.6 Å². The topological polar surface area (TPSA) is 166 Å². The van der Waals surface area contributed by atoms with Crippen molar-refractivity contribution in [3.8, 4) is 11.4 Å². The lowest BCUT2D eigenvalue weighted by atomic mass is 10.0. The zero-order valence-electron chi connectivity index (χ0n) is 29.5. The third-order valence-electron chi connectivity index (χ3n) is 10.1. The Morgan fingerprint density at radius 1 is 1.05 bits per heavy atom. The van der Waals surface area contributed by atoms with E-state index in [4.69, 9.17) is 11.6 Å². The minimum Gasteiger partial charge on any atom is -0.508 e. The number of anilines is 1. The molecule has 3 N–H and O–H groups in total. The minimum atomic E-state index is -3.55. The van der Waals surface area contributed by atoms with Crippen LogP contribution in [0.1, 0.15) is 60.1 Å². The van der Waals surface area contributed by atoms with Crippen molar-refractivity contribution < 1.29 is 45.8 Å². The van der Waals surface area contributed by atoms with Gasteiger partial charge in [-0.3, -0.25) is 33.1 Å². The summed E-state index contributed by atoms with van der Waals surface area (Å²) in [5.74, 6) is -11.3. The smallest absolute Gasteiger partial charge is 0.293 e. The fourth-order valence-corrected chi connectivity index (χ4v) is 7.85. The summed E-state index contributed by atoms with van der Waals surface area (Å²) in [4.78, 5) is 57.3. The number of hydrogen-bond acceptors (Lipinski definition) is 8. The number of aromatic hydroxyl groups is 1. The number of phenols is 1. The second-order valence-electron chi connectivity index (χ2n) is 13.9. The van der Waals surface area contributed by atoms with E-state index in [1.807, 2.05) is 0 Å². The number of phenolic OH excluding ortho intramolecular Hbond substituents is 1. The van der Waals surface area contributed by atoms with E-state index in [1.54, 1.807) is 0 Å². The third-order valence-corrected chi connectivity index (χ3v) is 10.4. The highest BCUT2D eigenvalue weighted by Crippen LogP contribution is 2.68. The second-order valence-corrected chi connectivity index (χ2v) is 14.3. The van der Waals surface area contributed by atoms with E-state index in [0.717, 1.165) is 29.7 Å². The molecule has 20 heteroatoms. The van der Waals surface area contributed by atoms with Gasteiger partial charge in [0.25, 0.3) is 23.8 Å². The third kappa shape index (κ3) is 6.34. The molecule has 2 aliphatic carbocycles. The molecule has 0 radical (unpaired) electrons. The zero-order chi connectivity index (χ0) is 40.8. The monoisotopic (exact) mass is 812 g/mol. The number of nitrogens with one attached hydrogen (secondary N) is 2. The van der Waals surface area contributed by atoms with Crippen LogP contribution in [0.25, 0.3) is 27.5 Å². The van der Waals surface area contributed by atoms with Crippen molar-refractivity contribution in [1.29, 1.82) is 0 Å². The Morgan fingerprint density at radius 3 is 2.46 bits per heavy atom. The van der Waals surface area contributed by atoms with Gasteiger partial charge in [0.15, 0.2) is 5.82 Å². The predicted octanol–water partition coefficient (Wildman–Crippen LogP) is 5.88. The van der Waals surface area contributed by atoms with Crippen LogP contribution in [-0.4, -0.2) is 51.8 Å². The lowest BCUT2D eigenvalue weighted by Gasteiger charge is -2.24. The highest BCUT2D eigenvalue weighted by Gasteiger charge is 2.67. The van der Waals surface area contributed by atoms with Crippen molar-refractivity contribution in [2.45, 2.75) is 50.6 Å². The summed E-state index contributed by atoms with van der Waals surface area (Å²) in [6.07, 6.45) is -3.70. The first kappa shape index (κ1) is 37.7. The molecule has 3 aromatic heterocycles. The molecule has 3 aromatic carbocycles. The number of carbonyl (C=O) groups is 3. The fourth-order valence-electron chi connectivity index (χ4n) is 7.60. The van der Waals surface area contributed by atoms with Gasteiger partial charge in [-0.25, -0.2) is 22.5 Å². The van der Waals surface area contributed by atoms with E-state index >= 15 is 8.78 Å². The lowest BCUT2D eigenvalue weighted by molar-refractivity contribution is -0.133. The van der Waals surface area contributed by atoms with E-state index in [1.165, 1.54) is 36.0 Å². The fraction of sp³-hybridized carbons (Fsp3) is 0.270. The second kappa shape index (κ2) is 13.5. The molecule has 1 fully saturated rings. The molecule has 0 bridgehead atoms. The number of aromatic nitrogens is 6. The van der Waals surface area contributed by atoms with E-state index in [9.17, 15) is 41.8 Å². The number of nitrogens with zero attached hydrogens (tertiary/aromatic N) is 6. The molecule has 57 heavy (non-hydrogen) atoms. The Bertz CT molecular complexity index is 2760. The largest absolute Gasteiger partial charge is 0.508 e. The number of amides is 2. The van der Waals surface area contributed by atoms with Crippen LogP contribution in [0.4, 0.5) is 32.2 Å². The average Bonchev–Trinajstić information content (AvgIpc) is 3.66. The number of ketones is 1. The normalized spacial score (nSPS) is 17.2.